The Hall–Kier alpha value is -1.56. The highest BCUT2D eigenvalue weighted by Gasteiger charge is 2.22. The predicted molar refractivity (Wildman–Crippen MR) is 59.7 cm³/mol. The van der Waals surface area contributed by atoms with Crippen molar-refractivity contribution in [2.45, 2.75) is 19.4 Å². The minimum absolute atomic E-state index is 0.143. The van der Waals surface area contributed by atoms with Crippen molar-refractivity contribution in [1.29, 1.82) is 0 Å². The number of hydrogen-bond acceptors (Lipinski definition) is 3. The molecule has 0 fully saturated rings. The second-order valence-electron chi connectivity index (χ2n) is 4.00. The maximum atomic E-state index is 11.6. The summed E-state index contributed by atoms with van der Waals surface area (Å²) in [6.45, 7) is 3.52. The highest BCUT2D eigenvalue weighted by molar-refractivity contribution is 6.18. The Morgan fingerprint density at radius 2 is 2.31 bits per heavy atom. The molecular formula is C9H12ClN3O3. The number of aromatic nitrogens is 1. The molecule has 0 spiro atoms. The minimum Gasteiger partial charge on any atom is -0.351 e. The number of carbonyl (C=O) groups is 1. The molecule has 0 bridgehead atoms. The number of nitrogens with zero attached hydrogens (tertiary/aromatic N) is 1. The smallest absolute Gasteiger partial charge is 0.287 e. The molecule has 0 aliphatic carbocycles. The Kier molecular flexibility index (Phi) is 3.54. The van der Waals surface area contributed by atoms with Crippen LogP contribution in [-0.2, 0) is 0 Å². The lowest BCUT2D eigenvalue weighted by Crippen LogP contribution is -2.45. The first kappa shape index (κ1) is 12.5. The van der Waals surface area contributed by atoms with Crippen molar-refractivity contribution in [2.24, 2.45) is 0 Å². The van der Waals surface area contributed by atoms with Crippen LogP contribution < -0.4 is 5.32 Å². The molecule has 0 saturated heterocycles. The molecule has 16 heavy (non-hydrogen) atoms. The SMILES string of the molecule is CC(C)(CCl)NC(=O)c1cc([N+](=O)[O-])c[nH]1. The molecule has 1 heterocycles. The van der Waals surface area contributed by atoms with Crippen molar-refractivity contribution in [3.8, 4) is 0 Å². The van der Waals surface area contributed by atoms with E-state index in [-0.39, 0.29) is 17.3 Å². The zero-order chi connectivity index (χ0) is 12.3. The third-order valence-electron chi connectivity index (χ3n) is 1.91. The first-order valence-electron chi connectivity index (χ1n) is 4.57. The average Bonchev–Trinajstić information content (AvgIpc) is 2.66. The van der Waals surface area contributed by atoms with Crippen molar-refractivity contribution in [2.75, 3.05) is 5.88 Å². The summed E-state index contributed by atoms with van der Waals surface area (Å²) in [6, 6.07) is 1.18. The molecule has 1 amide bonds. The monoisotopic (exact) mass is 245 g/mol. The van der Waals surface area contributed by atoms with Crippen molar-refractivity contribution in [1.82, 2.24) is 10.3 Å². The van der Waals surface area contributed by atoms with E-state index in [1.165, 1.54) is 12.3 Å². The van der Waals surface area contributed by atoms with E-state index in [9.17, 15) is 14.9 Å². The maximum Gasteiger partial charge on any atom is 0.287 e. The summed E-state index contributed by atoms with van der Waals surface area (Å²) in [4.78, 5) is 24.0. The van der Waals surface area contributed by atoms with Crippen LogP contribution in [0.2, 0.25) is 0 Å². The van der Waals surface area contributed by atoms with Gasteiger partial charge in [-0.05, 0) is 13.8 Å². The summed E-state index contributed by atoms with van der Waals surface area (Å²) in [7, 11) is 0. The highest BCUT2D eigenvalue weighted by atomic mass is 35.5. The molecule has 0 aliphatic heterocycles. The van der Waals surface area contributed by atoms with Gasteiger partial charge in [0.25, 0.3) is 11.6 Å². The van der Waals surface area contributed by atoms with Gasteiger partial charge in [0.2, 0.25) is 0 Å². The van der Waals surface area contributed by atoms with Gasteiger partial charge in [0.1, 0.15) is 5.69 Å². The molecule has 0 aliphatic rings. The van der Waals surface area contributed by atoms with Crippen LogP contribution in [0.3, 0.4) is 0 Å². The van der Waals surface area contributed by atoms with Gasteiger partial charge in [-0.25, -0.2) is 0 Å². The summed E-state index contributed by atoms with van der Waals surface area (Å²) in [5, 5.41) is 13.1. The van der Waals surface area contributed by atoms with E-state index in [0.717, 1.165) is 0 Å². The lowest BCUT2D eigenvalue weighted by atomic mass is 10.1. The number of nitrogens with one attached hydrogen (secondary N) is 2. The lowest BCUT2D eigenvalue weighted by Gasteiger charge is -2.22. The number of carbonyl (C=O) groups excluding carboxylic acids is 1. The van der Waals surface area contributed by atoms with Gasteiger partial charge in [0.05, 0.1) is 11.1 Å². The average molecular weight is 246 g/mol. The number of halogens is 1. The Bertz CT molecular complexity index is 414. The molecule has 1 aromatic heterocycles. The van der Waals surface area contributed by atoms with Crippen LogP contribution in [0.1, 0.15) is 24.3 Å². The molecule has 2 N–H and O–H groups in total. The lowest BCUT2D eigenvalue weighted by molar-refractivity contribution is -0.384. The van der Waals surface area contributed by atoms with Gasteiger partial charge >= 0.3 is 0 Å². The van der Waals surface area contributed by atoms with E-state index in [1.54, 1.807) is 13.8 Å². The van der Waals surface area contributed by atoms with Crippen molar-refractivity contribution in [3.05, 3.63) is 28.1 Å². The number of aromatic amines is 1. The Morgan fingerprint density at radius 3 is 2.75 bits per heavy atom. The van der Waals surface area contributed by atoms with Gasteiger partial charge in [-0.3, -0.25) is 14.9 Å². The second kappa shape index (κ2) is 4.52. The fourth-order valence-electron chi connectivity index (χ4n) is 1.03. The van der Waals surface area contributed by atoms with E-state index in [1.807, 2.05) is 0 Å². The number of nitro groups is 1. The summed E-state index contributed by atoms with van der Waals surface area (Å²) >= 11 is 5.65. The number of H-pyrrole nitrogens is 1. The Balaban J connectivity index is 2.77. The van der Waals surface area contributed by atoms with Crippen molar-refractivity contribution >= 4 is 23.2 Å². The highest BCUT2D eigenvalue weighted by Crippen LogP contribution is 2.13. The van der Waals surface area contributed by atoms with Gasteiger partial charge < -0.3 is 10.3 Å². The van der Waals surface area contributed by atoms with Gasteiger partial charge in [0, 0.05) is 17.5 Å². The fraction of sp³-hybridized carbons (Fsp3) is 0.444. The van der Waals surface area contributed by atoms with E-state index in [2.05, 4.69) is 10.3 Å². The number of hydrogen-bond donors (Lipinski definition) is 2. The Labute approximate surface area is 97.1 Å². The standard InChI is InChI=1S/C9H12ClN3O3/c1-9(2,5-10)12-8(14)7-3-6(4-11-7)13(15)16/h3-4,11H,5H2,1-2H3,(H,12,14). The van der Waals surface area contributed by atoms with Crippen LogP contribution in [0.25, 0.3) is 0 Å². The fourth-order valence-corrected chi connectivity index (χ4v) is 1.09. The van der Waals surface area contributed by atoms with Crippen LogP contribution >= 0.6 is 11.6 Å². The van der Waals surface area contributed by atoms with Gasteiger partial charge in [0.15, 0.2) is 0 Å². The van der Waals surface area contributed by atoms with Gasteiger partial charge in [-0.15, -0.1) is 11.6 Å². The summed E-state index contributed by atoms with van der Waals surface area (Å²) in [5.41, 5.74) is -0.558. The van der Waals surface area contributed by atoms with Crippen LogP contribution in [0.5, 0.6) is 0 Å². The zero-order valence-corrected chi connectivity index (χ0v) is 9.67. The van der Waals surface area contributed by atoms with Crippen LogP contribution in [0.4, 0.5) is 5.69 Å². The van der Waals surface area contributed by atoms with Crippen LogP contribution in [0.15, 0.2) is 12.3 Å². The zero-order valence-electron chi connectivity index (χ0n) is 8.91. The topological polar surface area (TPSA) is 88.0 Å². The predicted octanol–water partition coefficient (Wildman–Crippen LogP) is 1.67. The molecule has 7 heteroatoms. The van der Waals surface area contributed by atoms with Crippen molar-refractivity contribution < 1.29 is 9.72 Å². The molecule has 1 aromatic rings. The molecule has 1 rings (SSSR count). The normalized spacial score (nSPS) is 11.2. The van der Waals surface area contributed by atoms with E-state index in [4.69, 9.17) is 11.6 Å². The number of amides is 1. The number of alkyl halides is 1. The van der Waals surface area contributed by atoms with Crippen LogP contribution in [0, 0.1) is 10.1 Å². The molecule has 0 atom stereocenters. The summed E-state index contributed by atoms with van der Waals surface area (Å²) < 4.78 is 0. The van der Waals surface area contributed by atoms with E-state index in [0.29, 0.717) is 0 Å². The molecule has 0 radical (unpaired) electrons. The number of rotatable bonds is 4. The van der Waals surface area contributed by atoms with Crippen molar-refractivity contribution in [3.63, 3.8) is 0 Å². The van der Waals surface area contributed by atoms with E-state index < -0.39 is 16.4 Å². The Morgan fingerprint density at radius 1 is 1.69 bits per heavy atom. The van der Waals surface area contributed by atoms with Gasteiger partial charge in [-0.2, -0.15) is 0 Å². The van der Waals surface area contributed by atoms with Gasteiger partial charge in [-0.1, -0.05) is 0 Å². The maximum absolute atomic E-state index is 11.6. The third-order valence-corrected chi connectivity index (χ3v) is 2.58. The molecule has 88 valence electrons. The summed E-state index contributed by atoms with van der Waals surface area (Å²) in [5.74, 6) is -0.166. The molecule has 0 aromatic carbocycles. The second-order valence-corrected chi connectivity index (χ2v) is 4.27. The largest absolute Gasteiger partial charge is 0.351 e. The third kappa shape index (κ3) is 2.96. The molecule has 6 nitrogen and oxygen atoms in total. The molecule has 0 saturated carbocycles. The molecular weight excluding hydrogens is 234 g/mol. The van der Waals surface area contributed by atoms with Crippen LogP contribution in [-0.4, -0.2) is 27.2 Å². The first-order chi connectivity index (χ1) is 7.35. The first-order valence-corrected chi connectivity index (χ1v) is 5.10. The minimum atomic E-state index is -0.569. The quantitative estimate of drug-likeness (QED) is 0.480. The molecule has 0 unspecified atom stereocenters. The van der Waals surface area contributed by atoms with E-state index >= 15 is 0 Å². The summed E-state index contributed by atoms with van der Waals surface area (Å²) in [6.07, 6.45) is 1.17.